The third kappa shape index (κ3) is 2.83. The van der Waals surface area contributed by atoms with Crippen molar-refractivity contribution in [1.82, 2.24) is 0 Å². The van der Waals surface area contributed by atoms with Crippen LogP contribution in [0.2, 0.25) is 0 Å². The summed E-state index contributed by atoms with van der Waals surface area (Å²) >= 11 is 0. The van der Waals surface area contributed by atoms with E-state index in [0.29, 0.717) is 11.5 Å². The number of rotatable bonds is 2. The van der Waals surface area contributed by atoms with Crippen molar-refractivity contribution < 1.29 is 4.79 Å². The molecule has 20 heavy (non-hydrogen) atoms. The second-order valence-corrected chi connectivity index (χ2v) is 5.88. The number of nitrogens with two attached hydrogens (primary N) is 1. The maximum Gasteiger partial charge on any atom is 0.246 e. The van der Waals surface area contributed by atoms with Gasteiger partial charge < -0.3 is 10.6 Å². The summed E-state index contributed by atoms with van der Waals surface area (Å²) in [4.78, 5) is 14.3. The molecule has 1 fully saturated rings. The second-order valence-electron chi connectivity index (χ2n) is 5.88. The van der Waals surface area contributed by atoms with E-state index < -0.39 is 5.54 Å². The fraction of sp³-hybridized carbons (Fsp3) is 0.500. The van der Waals surface area contributed by atoms with Crippen molar-refractivity contribution in [3.63, 3.8) is 0 Å². The van der Waals surface area contributed by atoms with Gasteiger partial charge in [0.2, 0.25) is 5.91 Å². The summed E-state index contributed by atoms with van der Waals surface area (Å²) in [6.45, 7) is 2.14. The van der Waals surface area contributed by atoms with E-state index in [1.807, 2.05) is 6.07 Å². The Kier molecular flexibility index (Phi) is 4.10. The number of nitrogens with zero attached hydrogens (tertiary/aromatic N) is 2. The van der Waals surface area contributed by atoms with E-state index in [9.17, 15) is 4.79 Å². The lowest BCUT2D eigenvalue weighted by Gasteiger charge is -2.38. The molecule has 1 amide bonds. The van der Waals surface area contributed by atoms with Gasteiger partial charge in [-0.3, -0.25) is 4.79 Å². The second kappa shape index (κ2) is 5.64. The number of nitriles is 1. The van der Waals surface area contributed by atoms with Crippen molar-refractivity contribution >= 4 is 11.6 Å². The summed E-state index contributed by atoms with van der Waals surface area (Å²) in [5.41, 5.74) is 6.84. The first-order chi connectivity index (χ1) is 9.46. The van der Waals surface area contributed by atoms with Crippen LogP contribution in [0.15, 0.2) is 24.3 Å². The Labute approximate surface area is 120 Å². The molecule has 0 heterocycles. The van der Waals surface area contributed by atoms with E-state index in [-0.39, 0.29) is 5.91 Å². The Hall–Kier alpha value is -1.86. The van der Waals surface area contributed by atoms with Gasteiger partial charge in [0, 0.05) is 12.7 Å². The SMILES string of the molecule is CC1CCCC(N)(C(=O)N(C)c2cccc(C#N)c2)C1. The molecule has 2 rings (SSSR count). The quantitative estimate of drug-likeness (QED) is 0.898. The smallest absolute Gasteiger partial charge is 0.246 e. The van der Waals surface area contributed by atoms with Crippen molar-refractivity contribution in [2.45, 2.75) is 38.1 Å². The molecule has 1 aliphatic rings. The first-order valence-corrected chi connectivity index (χ1v) is 7.03. The van der Waals surface area contributed by atoms with Gasteiger partial charge in [0.05, 0.1) is 17.2 Å². The molecule has 2 unspecified atom stereocenters. The molecule has 0 radical (unpaired) electrons. The normalized spacial score (nSPS) is 25.8. The number of carbonyl (C=O) groups excluding carboxylic acids is 1. The van der Waals surface area contributed by atoms with E-state index >= 15 is 0 Å². The highest BCUT2D eigenvalue weighted by molar-refractivity contribution is 5.99. The Morgan fingerprint density at radius 2 is 2.30 bits per heavy atom. The van der Waals surface area contributed by atoms with Crippen molar-refractivity contribution in [3.8, 4) is 6.07 Å². The Balaban J connectivity index is 2.21. The van der Waals surface area contributed by atoms with Gasteiger partial charge in [-0.1, -0.05) is 25.8 Å². The first kappa shape index (κ1) is 14.5. The Morgan fingerprint density at radius 3 is 2.95 bits per heavy atom. The van der Waals surface area contributed by atoms with Crippen LogP contribution in [0.4, 0.5) is 5.69 Å². The number of likely N-dealkylation sites (N-methyl/N-ethyl adjacent to an activating group) is 1. The highest BCUT2D eigenvalue weighted by Gasteiger charge is 2.40. The molecule has 0 bridgehead atoms. The van der Waals surface area contributed by atoms with Gasteiger partial charge in [-0.05, 0) is 37.0 Å². The fourth-order valence-corrected chi connectivity index (χ4v) is 3.02. The average molecular weight is 271 g/mol. The molecule has 0 aliphatic heterocycles. The maximum absolute atomic E-state index is 12.7. The van der Waals surface area contributed by atoms with Gasteiger partial charge in [-0.15, -0.1) is 0 Å². The minimum atomic E-state index is -0.769. The molecule has 0 saturated heterocycles. The lowest BCUT2D eigenvalue weighted by molar-refractivity contribution is -0.125. The number of benzene rings is 1. The molecular formula is C16H21N3O. The number of hydrogen-bond acceptors (Lipinski definition) is 3. The van der Waals surface area contributed by atoms with Crippen molar-refractivity contribution in [2.75, 3.05) is 11.9 Å². The van der Waals surface area contributed by atoms with Crippen LogP contribution < -0.4 is 10.6 Å². The number of amides is 1. The molecular weight excluding hydrogens is 250 g/mol. The highest BCUT2D eigenvalue weighted by Crippen LogP contribution is 2.32. The number of anilines is 1. The molecule has 0 spiro atoms. The molecule has 1 aromatic rings. The minimum Gasteiger partial charge on any atom is -0.317 e. The molecule has 106 valence electrons. The Bertz CT molecular complexity index is 549. The van der Waals surface area contributed by atoms with E-state index in [2.05, 4.69) is 13.0 Å². The van der Waals surface area contributed by atoms with E-state index in [1.165, 1.54) is 0 Å². The zero-order chi connectivity index (χ0) is 14.8. The topological polar surface area (TPSA) is 70.1 Å². The summed E-state index contributed by atoms with van der Waals surface area (Å²) in [6, 6.07) is 9.14. The van der Waals surface area contributed by atoms with Crippen LogP contribution in [0, 0.1) is 17.2 Å². The number of hydrogen-bond donors (Lipinski definition) is 1. The van der Waals surface area contributed by atoms with Gasteiger partial charge >= 0.3 is 0 Å². The largest absolute Gasteiger partial charge is 0.317 e. The third-order valence-electron chi connectivity index (χ3n) is 4.13. The van der Waals surface area contributed by atoms with Gasteiger partial charge in [-0.2, -0.15) is 5.26 Å². The van der Waals surface area contributed by atoms with Gasteiger partial charge in [0.1, 0.15) is 0 Å². The predicted molar refractivity (Wildman–Crippen MR) is 79.1 cm³/mol. The van der Waals surface area contributed by atoms with Crippen molar-refractivity contribution in [2.24, 2.45) is 11.7 Å². The third-order valence-corrected chi connectivity index (χ3v) is 4.13. The summed E-state index contributed by atoms with van der Waals surface area (Å²) in [5.74, 6) is 0.427. The van der Waals surface area contributed by atoms with Crippen LogP contribution in [0.3, 0.4) is 0 Å². The molecule has 1 saturated carbocycles. The molecule has 4 nitrogen and oxygen atoms in total. The lowest BCUT2D eigenvalue weighted by atomic mass is 9.76. The minimum absolute atomic E-state index is 0.0564. The van der Waals surface area contributed by atoms with Crippen LogP contribution in [0.5, 0.6) is 0 Å². The standard InChI is InChI=1S/C16H21N3O/c1-12-5-4-8-16(18,10-12)15(20)19(2)14-7-3-6-13(9-14)11-17/h3,6-7,9,12H,4-5,8,10,18H2,1-2H3. The predicted octanol–water partition coefficient (Wildman–Crippen LogP) is 2.43. The molecule has 1 aliphatic carbocycles. The van der Waals surface area contributed by atoms with Gasteiger partial charge in [0.25, 0.3) is 0 Å². The first-order valence-electron chi connectivity index (χ1n) is 7.03. The van der Waals surface area contributed by atoms with Gasteiger partial charge in [0.15, 0.2) is 0 Å². The van der Waals surface area contributed by atoms with Crippen LogP contribution in [-0.2, 0) is 4.79 Å². The maximum atomic E-state index is 12.7. The van der Waals surface area contributed by atoms with Gasteiger partial charge in [-0.25, -0.2) is 0 Å². The summed E-state index contributed by atoms with van der Waals surface area (Å²) in [5, 5.41) is 8.94. The zero-order valence-corrected chi connectivity index (χ0v) is 12.1. The zero-order valence-electron chi connectivity index (χ0n) is 12.1. The van der Waals surface area contributed by atoms with Crippen LogP contribution in [-0.4, -0.2) is 18.5 Å². The molecule has 0 aromatic heterocycles. The fourth-order valence-electron chi connectivity index (χ4n) is 3.02. The van der Waals surface area contributed by atoms with E-state index in [4.69, 9.17) is 11.0 Å². The Morgan fingerprint density at radius 1 is 1.55 bits per heavy atom. The summed E-state index contributed by atoms with van der Waals surface area (Å²) in [6.07, 6.45) is 3.60. The monoisotopic (exact) mass is 271 g/mol. The van der Waals surface area contributed by atoms with Crippen LogP contribution in [0.1, 0.15) is 38.2 Å². The molecule has 1 aromatic carbocycles. The van der Waals surface area contributed by atoms with E-state index in [1.54, 1.807) is 30.1 Å². The molecule has 2 N–H and O–H groups in total. The highest BCUT2D eigenvalue weighted by atomic mass is 16.2. The summed E-state index contributed by atoms with van der Waals surface area (Å²) in [7, 11) is 1.73. The van der Waals surface area contributed by atoms with Crippen LogP contribution >= 0.6 is 0 Å². The summed E-state index contributed by atoms with van der Waals surface area (Å²) < 4.78 is 0. The van der Waals surface area contributed by atoms with Crippen LogP contribution in [0.25, 0.3) is 0 Å². The van der Waals surface area contributed by atoms with E-state index in [0.717, 1.165) is 31.4 Å². The molecule has 2 atom stereocenters. The van der Waals surface area contributed by atoms with Crippen molar-refractivity contribution in [1.29, 1.82) is 5.26 Å². The van der Waals surface area contributed by atoms with Crippen molar-refractivity contribution in [3.05, 3.63) is 29.8 Å². The molecule has 4 heteroatoms. The average Bonchev–Trinajstić information content (AvgIpc) is 2.45. The number of carbonyl (C=O) groups is 1. The lowest BCUT2D eigenvalue weighted by Crippen LogP contribution is -2.56.